The number of hydrogen-bond donors (Lipinski definition) is 1. The Kier molecular flexibility index (Phi) is 5.63. The fourth-order valence-electron chi connectivity index (χ4n) is 4.81. The van der Waals surface area contributed by atoms with Crippen LogP contribution >= 0.6 is 0 Å². The second-order valence-electron chi connectivity index (χ2n) is 9.04. The van der Waals surface area contributed by atoms with Crippen molar-refractivity contribution in [2.24, 2.45) is 0 Å². The first-order valence-electron chi connectivity index (χ1n) is 11.2. The number of amides is 3. The number of benzene rings is 1. The molecule has 1 aromatic carbocycles. The lowest BCUT2D eigenvalue weighted by molar-refractivity contribution is -0.136. The van der Waals surface area contributed by atoms with E-state index in [-0.39, 0.29) is 69.4 Å². The summed E-state index contributed by atoms with van der Waals surface area (Å²) in [6.07, 6.45) is 1.43. The van der Waals surface area contributed by atoms with Gasteiger partial charge in [-0.3, -0.25) is 29.6 Å². The highest BCUT2D eigenvalue weighted by atomic mass is 19.3. The van der Waals surface area contributed by atoms with Crippen molar-refractivity contribution >= 4 is 17.7 Å². The van der Waals surface area contributed by atoms with Crippen molar-refractivity contribution in [2.75, 3.05) is 13.1 Å². The van der Waals surface area contributed by atoms with Gasteiger partial charge in [-0.05, 0) is 30.2 Å². The number of piperidine rings is 2. The first-order chi connectivity index (χ1) is 16.2. The Morgan fingerprint density at radius 2 is 1.88 bits per heavy atom. The third kappa shape index (κ3) is 4.18. The molecule has 0 aliphatic carbocycles. The van der Waals surface area contributed by atoms with Gasteiger partial charge in [-0.2, -0.15) is 0 Å². The lowest BCUT2D eigenvalue weighted by atomic mass is 10.0. The zero-order chi connectivity index (χ0) is 24.0. The van der Waals surface area contributed by atoms with E-state index in [0.717, 1.165) is 0 Å². The molecule has 4 heterocycles. The third-order valence-corrected chi connectivity index (χ3v) is 6.75. The molecule has 7 nitrogen and oxygen atoms in total. The molecule has 10 heteroatoms. The Morgan fingerprint density at radius 1 is 1.12 bits per heavy atom. The summed E-state index contributed by atoms with van der Waals surface area (Å²) in [6.45, 7) is 0.782. The first-order valence-corrected chi connectivity index (χ1v) is 11.2. The monoisotopic (exact) mass is 472 g/mol. The molecule has 178 valence electrons. The number of nitrogens with zero attached hydrogens (tertiary/aromatic N) is 3. The van der Waals surface area contributed by atoms with Crippen LogP contribution in [0.25, 0.3) is 11.3 Å². The molecule has 2 aromatic rings. The van der Waals surface area contributed by atoms with Crippen molar-refractivity contribution in [1.29, 1.82) is 0 Å². The maximum absolute atomic E-state index is 15.3. The van der Waals surface area contributed by atoms with Crippen LogP contribution in [0, 0.1) is 5.82 Å². The van der Waals surface area contributed by atoms with E-state index in [0.29, 0.717) is 22.3 Å². The van der Waals surface area contributed by atoms with Crippen LogP contribution in [0.4, 0.5) is 13.2 Å². The van der Waals surface area contributed by atoms with Crippen molar-refractivity contribution in [1.82, 2.24) is 20.1 Å². The van der Waals surface area contributed by atoms with Gasteiger partial charge in [0.15, 0.2) is 5.82 Å². The highest BCUT2D eigenvalue weighted by Gasteiger charge is 2.39. The fourth-order valence-corrected chi connectivity index (χ4v) is 4.81. The van der Waals surface area contributed by atoms with Gasteiger partial charge in [0.05, 0.1) is 0 Å². The number of carbonyl (C=O) groups is 3. The minimum atomic E-state index is -2.66. The minimum Gasteiger partial charge on any atom is -0.322 e. The Labute approximate surface area is 193 Å². The van der Waals surface area contributed by atoms with Crippen molar-refractivity contribution in [2.45, 2.75) is 50.7 Å². The number of halogens is 3. The van der Waals surface area contributed by atoms with Gasteiger partial charge in [-0.25, -0.2) is 13.2 Å². The molecule has 2 saturated heterocycles. The largest absolute Gasteiger partial charge is 0.322 e. The highest BCUT2D eigenvalue weighted by molar-refractivity contribution is 6.05. The van der Waals surface area contributed by atoms with E-state index in [9.17, 15) is 23.2 Å². The van der Waals surface area contributed by atoms with Crippen LogP contribution in [0.1, 0.15) is 47.2 Å². The molecule has 3 aliphatic heterocycles. The number of alkyl halides is 2. The molecule has 1 N–H and O–H groups in total. The van der Waals surface area contributed by atoms with Gasteiger partial charge in [-0.15, -0.1) is 0 Å². The summed E-state index contributed by atoms with van der Waals surface area (Å²) >= 11 is 0. The minimum absolute atomic E-state index is 0.120. The van der Waals surface area contributed by atoms with Gasteiger partial charge in [-0.1, -0.05) is 6.07 Å². The summed E-state index contributed by atoms with van der Waals surface area (Å²) in [7, 11) is 0. The zero-order valence-electron chi connectivity index (χ0n) is 18.3. The fraction of sp³-hybridized carbons (Fsp3) is 0.417. The predicted molar refractivity (Wildman–Crippen MR) is 115 cm³/mol. The summed E-state index contributed by atoms with van der Waals surface area (Å²) < 4.78 is 42.2. The molecule has 5 rings (SSSR count). The molecule has 3 aliphatic rings. The molecule has 0 radical (unpaired) electrons. The number of nitrogens with one attached hydrogen (secondary N) is 1. The standard InChI is InChI=1S/C24H23F3N4O3/c25-20-15(12-30-9-6-24(26,27)7-10-30)5-8-28-21(20)14-1-2-17-16(11-14)13-31(23(17)34)18-3-4-19(32)29-22(18)33/h1-2,5,8,11,18H,3-4,6-7,9-10,12-13H2,(H,29,32,33). The maximum atomic E-state index is 15.3. The molecule has 2 fully saturated rings. The Morgan fingerprint density at radius 3 is 2.62 bits per heavy atom. The predicted octanol–water partition coefficient (Wildman–Crippen LogP) is 2.88. The summed E-state index contributed by atoms with van der Waals surface area (Å²) in [5.74, 6) is -4.34. The quantitative estimate of drug-likeness (QED) is 0.692. The summed E-state index contributed by atoms with van der Waals surface area (Å²) in [5.41, 5.74) is 2.06. The number of hydrogen-bond acceptors (Lipinski definition) is 5. The van der Waals surface area contributed by atoms with E-state index >= 15 is 4.39 Å². The Hall–Kier alpha value is -3.27. The number of likely N-dealkylation sites (tertiary alicyclic amines) is 1. The van der Waals surface area contributed by atoms with E-state index < -0.39 is 23.7 Å². The van der Waals surface area contributed by atoms with Gasteiger partial charge >= 0.3 is 0 Å². The van der Waals surface area contributed by atoms with E-state index in [1.165, 1.54) is 11.1 Å². The Bertz CT molecular complexity index is 1180. The van der Waals surface area contributed by atoms with Crippen LogP contribution in [0.5, 0.6) is 0 Å². The van der Waals surface area contributed by atoms with Crippen molar-refractivity contribution < 1.29 is 27.6 Å². The first kappa shape index (κ1) is 22.5. The second-order valence-corrected chi connectivity index (χ2v) is 9.04. The average molecular weight is 472 g/mol. The number of imide groups is 1. The van der Waals surface area contributed by atoms with Crippen LogP contribution in [0.3, 0.4) is 0 Å². The highest BCUT2D eigenvalue weighted by Crippen LogP contribution is 2.33. The number of rotatable bonds is 4. The van der Waals surface area contributed by atoms with Gasteiger partial charge in [0.25, 0.3) is 11.8 Å². The number of aromatic nitrogens is 1. The van der Waals surface area contributed by atoms with Crippen LogP contribution in [-0.4, -0.2) is 57.6 Å². The lowest BCUT2D eigenvalue weighted by Crippen LogP contribution is -2.52. The normalized spacial score (nSPS) is 22.6. The molecular formula is C24H23F3N4O3. The molecular weight excluding hydrogens is 449 g/mol. The van der Waals surface area contributed by atoms with Crippen molar-refractivity contribution in [3.8, 4) is 11.3 Å². The second kappa shape index (κ2) is 8.50. The van der Waals surface area contributed by atoms with E-state index in [2.05, 4.69) is 10.3 Å². The number of pyridine rings is 1. The summed E-state index contributed by atoms with van der Waals surface area (Å²) in [6, 6.07) is 5.72. The van der Waals surface area contributed by atoms with Crippen molar-refractivity contribution in [3.05, 3.63) is 53.0 Å². The van der Waals surface area contributed by atoms with Gasteiger partial charge < -0.3 is 4.90 Å². The molecule has 3 amide bonds. The Balaban J connectivity index is 1.36. The molecule has 1 aromatic heterocycles. The number of carbonyl (C=O) groups excluding carboxylic acids is 3. The van der Waals surface area contributed by atoms with E-state index in [1.54, 1.807) is 29.2 Å². The van der Waals surface area contributed by atoms with Gasteiger partial charge in [0, 0.05) is 68.3 Å². The molecule has 0 spiro atoms. The average Bonchev–Trinajstić information content (AvgIpc) is 3.12. The summed E-state index contributed by atoms with van der Waals surface area (Å²) in [5, 5.41) is 2.27. The van der Waals surface area contributed by atoms with Gasteiger partial charge in [0.1, 0.15) is 11.7 Å². The van der Waals surface area contributed by atoms with E-state index in [1.807, 2.05) is 0 Å². The smallest absolute Gasteiger partial charge is 0.255 e. The van der Waals surface area contributed by atoms with Crippen LogP contribution in [0.2, 0.25) is 0 Å². The SMILES string of the molecule is O=C1CCC(N2Cc3cc(-c4nccc(CN5CCC(F)(F)CC5)c4F)ccc3C2=O)C(=O)N1. The zero-order valence-corrected chi connectivity index (χ0v) is 18.3. The molecule has 1 atom stereocenters. The third-order valence-electron chi connectivity index (χ3n) is 6.75. The maximum Gasteiger partial charge on any atom is 0.255 e. The molecule has 0 saturated carbocycles. The molecule has 34 heavy (non-hydrogen) atoms. The summed E-state index contributed by atoms with van der Waals surface area (Å²) in [4.78, 5) is 44.0. The van der Waals surface area contributed by atoms with Crippen molar-refractivity contribution in [3.63, 3.8) is 0 Å². The van der Waals surface area contributed by atoms with Gasteiger partial charge in [0.2, 0.25) is 11.8 Å². The molecule has 1 unspecified atom stereocenters. The lowest BCUT2D eigenvalue weighted by Gasteiger charge is -2.31. The van der Waals surface area contributed by atoms with E-state index in [4.69, 9.17) is 0 Å². The van der Waals surface area contributed by atoms with Crippen LogP contribution in [0.15, 0.2) is 30.5 Å². The topological polar surface area (TPSA) is 82.6 Å². The molecule has 0 bridgehead atoms. The number of fused-ring (bicyclic) bond motifs is 1. The van der Waals surface area contributed by atoms with Crippen LogP contribution < -0.4 is 5.32 Å². The van der Waals surface area contributed by atoms with Crippen LogP contribution in [-0.2, 0) is 22.7 Å².